The lowest BCUT2D eigenvalue weighted by molar-refractivity contribution is -0.148. The summed E-state index contributed by atoms with van der Waals surface area (Å²) in [5.41, 5.74) is -0.484. The van der Waals surface area contributed by atoms with Crippen molar-refractivity contribution in [2.75, 3.05) is 7.11 Å². The average Bonchev–Trinajstić information content (AvgIpc) is 2.24. The summed E-state index contributed by atoms with van der Waals surface area (Å²) < 4.78 is 42.2. The maximum absolute atomic E-state index is 12.5. The molecule has 0 radical (unpaired) electrons. The molecule has 2 nitrogen and oxygen atoms in total. The predicted molar refractivity (Wildman–Crippen MR) is 54.5 cm³/mol. The van der Waals surface area contributed by atoms with Crippen molar-refractivity contribution < 1.29 is 22.7 Å². The number of carbonyl (C=O) groups excluding carboxylic acids is 1. The monoisotopic (exact) mass is 244 g/mol. The average molecular weight is 244 g/mol. The molecule has 1 aromatic rings. The molecule has 0 spiro atoms. The molecule has 0 fully saturated rings. The molecule has 5 heteroatoms. The summed E-state index contributed by atoms with van der Waals surface area (Å²) in [6, 6.07) is 3.49. The number of carbonyl (C=O) groups is 1. The highest BCUT2D eigenvalue weighted by Gasteiger charge is 2.47. The van der Waals surface area contributed by atoms with Crippen LogP contribution < -0.4 is 0 Å². The topological polar surface area (TPSA) is 26.3 Å². The van der Waals surface area contributed by atoms with Gasteiger partial charge in [-0.3, -0.25) is 4.79 Å². The van der Waals surface area contributed by atoms with Crippen LogP contribution in [0.4, 0.5) is 13.2 Å². The molecule has 17 heavy (non-hydrogen) atoms. The van der Waals surface area contributed by atoms with Gasteiger partial charge in [0.05, 0.1) is 18.1 Å². The van der Waals surface area contributed by atoms with Crippen LogP contribution >= 0.6 is 0 Å². The van der Waals surface area contributed by atoms with Crippen molar-refractivity contribution in [3.63, 3.8) is 0 Å². The number of methoxy groups -OCH3 is 1. The van der Waals surface area contributed by atoms with Crippen molar-refractivity contribution in [3.05, 3.63) is 34.9 Å². The highest BCUT2D eigenvalue weighted by atomic mass is 19.4. The number of benzene rings is 1. The minimum atomic E-state index is -4.39. The zero-order valence-electron chi connectivity index (χ0n) is 9.39. The molecule has 1 aliphatic rings. The second-order valence-electron chi connectivity index (χ2n) is 4.37. The molecular weight excluding hydrogens is 233 g/mol. The van der Waals surface area contributed by atoms with Gasteiger partial charge in [-0.2, -0.15) is 13.2 Å². The van der Waals surface area contributed by atoms with E-state index < -0.39 is 23.1 Å². The van der Waals surface area contributed by atoms with E-state index >= 15 is 0 Å². The van der Waals surface area contributed by atoms with Crippen molar-refractivity contribution in [2.24, 2.45) is 0 Å². The standard InChI is InChI=1S/C12H11F3O2/c1-11(10(16)17-2)6-7-3-4-8(5-9(7)11)12(13,14)15/h3-5H,6H2,1-2H3. The summed E-state index contributed by atoms with van der Waals surface area (Å²) in [5, 5.41) is 0. The fourth-order valence-corrected chi connectivity index (χ4v) is 2.20. The van der Waals surface area contributed by atoms with Crippen molar-refractivity contribution in [1.82, 2.24) is 0 Å². The van der Waals surface area contributed by atoms with E-state index in [9.17, 15) is 18.0 Å². The van der Waals surface area contributed by atoms with Crippen LogP contribution in [0.25, 0.3) is 0 Å². The van der Waals surface area contributed by atoms with Gasteiger partial charge in [0.15, 0.2) is 0 Å². The summed E-state index contributed by atoms with van der Waals surface area (Å²) in [5.74, 6) is -0.496. The highest BCUT2D eigenvalue weighted by molar-refractivity contribution is 5.86. The van der Waals surface area contributed by atoms with E-state index in [1.807, 2.05) is 0 Å². The Morgan fingerprint density at radius 2 is 2.06 bits per heavy atom. The summed E-state index contributed by atoms with van der Waals surface area (Å²) in [7, 11) is 1.24. The zero-order valence-corrected chi connectivity index (χ0v) is 9.39. The van der Waals surface area contributed by atoms with E-state index in [1.54, 1.807) is 6.92 Å². The largest absolute Gasteiger partial charge is 0.468 e. The molecule has 0 saturated carbocycles. The predicted octanol–water partition coefficient (Wildman–Crippen LogP) is 2.69. The first-order valence-corrected chi connectivity index (χ1v) is 5.08. The third-order valence-electron chi connectivity index (χ3n) is 3.21. The first-order valence-electron chi connectivity index (χ1n) is 5.08. The number of rotatable bonds is 1. The van der Waals surface area contributed by atoms with Crippen molar-refractivity contribution in [2.45, 2.75) is 24.9 Å². The molecule has 0 aliphatic heterocycles. The Morgan fingerprint density at radius 1 is 1.41 bits per heavy atom. The summed E-state index contributed by atoms with van der Waals surface area (Å²) in [4.78, 5) is 11.5. The Kier molecular flexibility index (Phi) is 2.45. The van der Waals surface area contributed by atoms with Gasteiger partial charge in [0, 0.05) is 0 Å². The number of ether oxygens (including phenoxy) is 1. The lowest BCUT2D eigenvalue weighted by atomic mass is 9.65. The van der Waals surface area contributed by atoms with Gasteiger partial charge in [0.1, 0.15) is 0 Å². The van der Waals surface area contributed by atoms with E-state index in [2.05, 4.69) is 4.74 Å². The smallest absolute Gasteiger partial charge is 0.416 e. The van der Waals surface area contributed by atoms with Crippen LogP contribution in [0.3, 0.4) is 0 Å². The summed E-state index contributed by atoms with van der Waals surface area (Å²) in [6.07, 6.45) is -3.96. The molecule has 1 aromatic carbocycles. The number of halogens is 3. The molecule has 0 bridgehead atoms. The second kappa shape index (κ2) is 3.48. The van der Waals surface area contributed by atoms with Gasteiger partial charge in [-0.15, -0.1) is 0 Å². The second-order valence-corrected chi connectivity index (χ2v) is 4.37. The van der Waals surface area contributed by atoms with Gasteiger partial charge in [-0.1, -0.05) is 6.07 Å². The minimum Gasteiger partial charge on any atom is -0.468 e. The lowest BCUT2D eigenvalue weighted by Crippen LogP contribution is -2.44. The summed E-state index contributed by atoms with van der Waals surface area (Å²) >= 11 is 0. The first-order chi connectivity index (χ1) is 7.79. The van der Waals surface area contributed by atoms with Gasteiger partial charge in [0.25, 0.3) is 0 Å². The third kappa shape index (κ3) is 1.69. The molecule has 2 rings (SSSR count). The quantitative estimate of drug-likeness (QED) is 0.710. The number of esters is 1. The minimum absolute atomic E-state index is 0.416. The molecule has 1 aliphatic carbocycles. The van der Waals surface area contributed by atoms with Gasteiger partial charge >= 0.3 is 12.1 Å². The van der Waals surface area contributed by atoms with E-state index in [4.69, 9.17) is 0 Å². The normalized spacial score (nSPS) is 22.6. The molecule has 0 saturated heterocycles. The van der Waals surface area contributed by atoms with Crippen LogP contribution in [0.2, 0.25) is 0 Å². The maximum atomic E-state index is 12.5. The Morgan fingerprint density at radius 3 is 2.59 bits per heavy atom. The number of fused-ring (bicyclic) bond motifs is 1. The van der Waals surface area contributed by atoms with Gasteiger partial charge in [-0.25, -0.2) is 0 Å². The van der Waals surface area contributed by atoms with E-state index in [1.165, 1.54) is 13.2 Å². The fourth-order valence-electron chi connectivity index (χ4n) is 2.20. The number of hydrogen-bond acceptors (Lipinski definition) is 2. The molecule has 0 N–H and O–H groups in total. The zero-order chi connectivity index (χ0) is 12.8. The molecule has 1 atom stereocenters. The van der Waals surface area contributed by atoms with Crippen LogP contribution in [0.15, 0.2) is 18.2 Å². The van der Waals surface area contributed by atoms with Crippen molar-refractivity contribution in [3.8, 4) is 0 Å². The van der Waals surface area contributed by atoms with E-state index in [0.29, 0.717) is 12.0 Å². The Labute approximate surface area is 96.4 Å². The number of alkyl halides is 3. The van der Waals surface area contributed by atoms with Crippen LogP contribution in [0, 0.1) is 0 Å². The molecule has 1 unspecified atom stereocenters. The maximum Gasteiger partial charge on any atom is 0.416 e. The Hall–Kier alpha value is -1.52. The van der Waals surface area contributed by atoms with Crippen LogP contribution in [-0.4, -0.2) is 13.1 Å². The molecular formula is C12H11F3O2. The van der Waals surface area contributed by atoms with E-state index in [0.717, 1.165) is 17.7 Å². The Bertz CT molecular complexity index is 479. The van der Waals surface area contributed by atoms with Crippen LogP contribution in [-0.2, 0) is 27.5 Å². The molecule has 0 heterocycles. The fraction of sp³-hybridized carbons (Fsp3) is 0.417. The third-order valence-corrected chi connectivity index (χ3v) is 3.21. The van der Waals surface area contributed by atoms with Gasteiger partial charge in [0.2, 0.25) is 0 Å². The van der Waals surface area contributed by atoms with E-state index in [-0.39, 0.29) is 0 Å². The lowest BCUT2D eigenvalue weighted by Gasteiger charge is -2.38. The first kappa shape index (κ1) is 12.0. The molecule has 0 aromatic heterocycles. The van der Waals surface area contributed by atoms with Crippen LogP contribution in [0.1, 0.15) is 23.6 Å². The van der Waals surface area contributed by atoms with Crippen molar-refractivity contribution >= 4 is 5.97 Å². The van der Waals surface area contributed by atoms with Crippen LogP contribution in [0.5, 0.6) is 0 Å². The SMILES string of the molecule is COC(=O)C1(C)Cc2ccc(C(F)(F)F)cc21. The van der Waals surface area contributed by atoms with Crippen molar-refractivity contribution in [1.29, 1.82) is 0 Å². The molecule has 92 valence electrons. The Balaban J connectivity index is 2.44. The summed E-state index contributed by atoms with van der Waals surface area (Å²) in [6.45, 7) is 1.60. The van der Waals surface area contributed by atoms with Gasteiger partial charge in [-0.05, 0) is 36.6 Å². The molecule has 0 amide bonds. The highest BCUT2D eigenvalue weighted by Crippen LogP contribution is 2.44. The number of hydrogen-bond donors (Lipinski definition) is 0. The van der Waals surface area contributed by atoms with Gasteiger partial charge < -0.3 is 4.74 Å².